The molecule has 0 amide bonds. The molecule has 1 heterocycles. The van der Waals surface area contributed by atoms with Crippen LogP contribution in [0, 0.1) is 11.3 Å². The van der Waals surface area contributed by atoms with Gasteiger partial charge in [0.2, 0.25) is 0 Å². The van der Waals surface area contributed by atoms with Crippen LogP contribution in [-0.2, 0) is 0 Å². The molecule has 2 heteroatoms. The maximum absolute atomic E-state index is 9.40. The van der Waals surface area contributed by atoms with Gasteiger partial charge in [0.05, 0.1) is 11.6 Å². The normalized spacial score (nSPS) is 12.0. The van der Waals surface area contributed by atoms with Crippen molar-refractivity contribution in [1.82, 2.24) is 0 Å². The SMILES string of the molecule is N#Cc1ccc2c(c1)Oc1cccc3c(-c4ccc(-c5ccc6ccc7c(-c8ccccc8)ccc8ccc5c6c87)cc4)ccc-2c13. The van der Waals surface area contributed by atoms with Gasteiger partial charge in [-0.15, -0.1) is 0 Å². The first-order valence-corrected chi connectivity index (χ1v) is 15.9. The third kappa shape index (κ3) is 3.78. The fourth-order valence-electron chi connectivity index (χ4n) is 7.70. The van der Waals surface area contributed by atoms with Gasteiger partial charge in [-0.05, 0) is 101 Å². The molecule has 9 aromatic carbocycles. The average Bonchev–Trinajstić information content (AvgIpc) is 3.14. The lowest BCUT2D eigenvalue weighted by Crippen LogP contribution is -1.98. The summed E-state index contributed by atoms with van der Waals surface area (Å²) >= 11 is 0. The van der Waals surface area contributed by atoms with E-state index in [0.717, 1.165) is 39.0 Å². The molecule has 0 aliphatic carbocycles. The number of hydrogen-bond donors (Lipinski definition) is 0. The standard InChI is InChI=1S/C45H25NO/c46-26-27-9-18-36-40-24-23-35(37-7-4-8-41(45(37)40)47-42(36)25-27)30-12-10-29(11-13-30)34-20-15-32-16-21-38-33(28-5-2-1-3-6-28)19-14-31-17-22-39(34)44(32)43(31)38/h1-25H. The Labute approximate surface area is 271 Å². The Morgan fingerprint density at radius 3 is 1.55 bits per heavy atom. The smallest absolute Gasteiger partial charge is 0.136 e. The van der Waals surface area contributed by atoms with E-state index in [-0.39, 0.29) is 0 Å². The third-order valence-electron chi connectivity index (χ3n) is 9.88. The second kappa shape index (κ2) is 9.78. The molecule has 0 saturated heterocycles. The van der Waals surface area contributed by atoms with Crippen LogP contribution in [0.1, 0.15) is 5.56 Å². The van der Waals surface area contributed by atoms with Gasteiger partial charge in [-0.25, -0.2) is 0 Å². The van der Waals surface area contributed by atoms with E-state index in [2.05, 4.69) is 127 Å². The molecule has 0 N–H and O–H groups in total. The minimum Gasteiger partial charge on any atom is -0.456 e. The van der Waals surface area contributed by atoms with Crippen LogP contribution in [0.4, 0.5) is 0 Å². The van der Waals surface area contributed by atoms with Crippen LogP contribution >= 0.6 is 0 Å². The summed E-state index contributed by atoms with van der Waals surface area (Å²) in [7, 11) is 0. The maximum atomic E-state index is 9.40. The van der Waals surface area contributed by atoms with E-state index in [1.54, 1.807) is 0 Å². The Morgan fingerprint density at radius 1 is 0.383 bits per heavy atom. The second-order valence-electron chi connectivity index (χ2n) is 12.4. The van der Waals surface area contributed by atoms with Gasteiger partial charge in [-0.3, -0.25) is 0 Å². The molecule has 10 rings (SSSR count). The van der Waals surface area contributed by atoms with Gasteiger partial charge in [0, 0.05) is 10.9 Å². The molecule has 0 atom stereocenters. The molecule has 1 aliphatic heterocycles. The first-order valence-electron chi connectivity index (χ1n) is 15.9. The van der Waals surface area contributed by atoms with Crippen LogP contribution in [0.2, 0.25) is 0 Å². The lowest BCUT2D eigenvalue weighted by Gasteiger charge is -2.22. The minimum atomic E-state index is 0.595. The molecule has 0 fully saturated rings. The molecular formula is C45H25NO. The Hall–Kier alpha value is -6.43. The summed E-state index contributed by atoms with van der Waals surface area (Å²) in [5, 5.41) is 19.4. The summed E-state index contributed by atoms with van der Waals surface area (Å²) in [4.78, 5) is 0. The largest absolute Gasteiger partial charge is 0.456 e. The Kier molecular flexibility index (Phi) is 5.38. The summed E-state index contributed by atoms with van der Waals surface area (Å²) in [5.41, 5.74) is 10.0. The molecule has 9 aromatic rings. The monoisotopic (exact) mass is 595 g/mol. The predicted octanol–water partition coefficient (Wildman–Crippen LogP) is 12.4. The Balaban J connectivity index is 1.10. The predicted molar refractivity (Wildman–Crippen MR) is 194 cm³/mol. The number of hydrogen-bond acceptors (Lipinski definition) is 2. The molecule has 0 radical (unpaired) electrons. The zero-order chi connectivity index (χ0) is 31.1. The van der Waals surface area contributed by atoms with Crippen molar-refractivity contribution in [3.8, 4) is 62.1 Å². The molecule has 0 saturated carbocycles. The Morgan fingerprint density at radius 2 is 0.915 bits per heavy atom. The van der Waals surface area contributed by atoms with Gasteiger partial charge in [-0.1, -0.05) is 127 Å². The van der Waals surface area contributed by atoms with Gasteiger partial charge in [0.15, 0.2) is 0 Å². The highest BCUT2D eigenvalue weighted by Crippen LogP contribution is 2.49. The highest BCUT2D eigenvalue weighted by Gasteiger charge is 2.22. The van der Waals surface area contributed by atoms with E-state index in [0.29, 0.717) is 5.56 Å². The summed E-state index contributed by atoms with van der Waals surface area (Å²) in [5.74, 6) is 1.55. The zero-order valence-corrected chi connectivity index (χ0v) is 25.3. The lowest BCUT2D eigenvalue weighted by atomic mass is 9.86. The fraction of sp³-hybridized carbons (Fsp3) is 0. The zero-order valence-electron chi connectivity index (χ0n) is 25.3. The van der Waals surface area contributed by atoms with Crippen molar-refractivity contribution in [3.05, 3.63) is 157 Å². The molecule has 2 nitrogen and oxygen atoms in total. The average molecular weight is 596 g/mol. The topological polar surface area (TPSA) is 33.0 Å². The molecule has 0 bridgehead atoms. The molecule has 47 heavy (non-hydrogen) atoms. The lowest BCUT2D eigenvalue weighted by molar-refractivity contribution is 0.487. The van der Waals surface area contributed by atoms with Crippen LogP contribution in [0.15, 0.2) is 152 Å². The highest BCUT2D eigenvalue weighted by atomic mass is 16.5. The van der Waals surface area contributed by atoms with E-state index >= 15 is 0 Å². The van der Waals surface area contributed by atoms with E-state index in [9.17, 15) is 5.26 Å². The van der Waals surface area contributed by atoms with Crippen LogP contribution in [-0.4, -0.2) is 0 Å². The minimum absolute atomic E-state index is 0.595. The van der Waals surface area contributed by atoms with Crippen molar-refractivity contribution in [1.29, 1.82) is 5.26 Å². The van der Waals surface area contributed by atoms with Crippen molar-refractivity contribution >= 4 is 43.1 Å². The van der Waals surface area contributed by atoms with E-state index < -0.39 is 0 Å². The molecule has 0 spiro atoms. The van der Waals surface area contributed by atoms with Crippen molar-refractivity contribution < 1.29 is 4.74 Å². The number of rotatable bonds is 3. The number of nitrogens with zero attached hydrogens (tertiary/aromatic N) is 1. The maximum Gasteiger partial charge on any atom is 0.136 e. The van der Waals surface area contributed by atoms with Crippen LogP contribution in [0.5, 0.6) is 11.5 Å². The first-order chi connectivity index (χ1) is 23.2. The van der Waals surface area contributed by atoms with Crippen LogP contribution in [0.3, 0.4) is 0 Å². The molecule has 0 aromatic heterocycles. The van der Waals surface area contributed by atoms with Gasteiger partial charge >= 0.3 is 0 Å². The second-order valence-corrected chi connectivity index (χ2v) is 12.4. The molecular weight excluding hydrogens is 571 g/mol. The van der Waals surface area contributed by atoms with E-state index in [4.69, 9.17) is 4.74 Å². The van der Waals surface area contributed by atoms with Gasteiger partial charge in [0.1, 0.15) is 11.5 Å². The van der Waals surface area contributed by atoms with Crippen LogP contribution in [0.25, 0.3) is 87.6 Å². The summed E-state index contributed by atoms with van der Waals surface area (Å²) in [6.07, 6.45) is 0. The number of fused-ring (bicyclic) bond motifs is 2. The summed E-state index contributed by atoms with van der Waals surface area (Å²) in [6.45, 7) is 0. The van der Waals surface area contributed by atoms with E-state index in [1.807, 2.05) is 30.3 Å². The Bertz CT molecular complexity index is 2750. The summed E-state index contributed by atoms with van der Waals surface area (Å²) < 4.78 is 6.33. The number of nitriles is 1. The molecule has 216 valence electrons. The van der Waals surface area contributed by atoms with Crippen LogP contribution < -0.4 is 4.74 Å². The van der Waals surface area contributed by atoms with Gasteiger partial charge in [0.25, 0.3) is 0 Å². The molecule has 1 aliphatic rings. The van der Waals surface area contributed by atoms with Gasteiger partial charge in [-0.2, -0.15) is 5.26 Å². The van der Waals surface area contributed by atoms with E-state index in [1.165, 1.54) is 60.1 Å². The third-order valence-corrected chi connectivity index (χ3v) is 9.88. The summed E-state index contributed by atoms with van der Waals surface area (Å²) in [6, 6.07) is 56.4. The first kappa shape index (κ1) is 25.9. The quantitative estimate of drug-likeness (QED) is 0.190. The molecule has 0 unspecified atom stereocenters. The number of ether oxygens (including phenoxy) is 1. The van der Waals surface area contributed by atoms with Crippen molar-refractivity contribution in [3.63, 3.8) is 0 Å². The van der Waals surface area contributed by atoms with Gasteiger partial charge < -0.3 is 4.74 Å². The van der Waals surface area contributed by atoms with Crippen molar-refractivity contribution in [2.24, 2.45) is 0 Å². The van der Waals surface area contributed by atoms with Crippen molar-refractivity contribution in [2.75, 3.05) is 0 Å². The fourth-order valence-corrected chi connectivity index (χ4v) is 7.70. The highest BCUT2D eigenvalue weighted by molar-refractivity contribution is 6.27. The number of benzene rings is 9. The van der Waals surface area contributed by atoms with Crippen molar-refractivity contribution in [2.45, 2.75) is 0 Å².